The third kappa shape index (κ3) is 2.43. The molecule has 88 valence electrons. The van der Waals surface area contributed by atoms with Crippen LogP contribution in [0.4, 0.5) is 17.6 Å². The van der Waals surface area contributed by atoms with Crippen LogP contribution < -0.4 is 0 Å². The van der Waals surface area contributed by atoms with Crippen LogP contribution in [0.15, 0.2) is 42.7 Å². The molecule has 1 aromatic carbocycles. The minimum Gasteiger partial charge on any atom is -0.265 e. The van der Waals surface area contributed by atoms with E-state index in [0.29, 0.717) is 11.1 Å². The lowest BCUT2D eigenvalue weighted by Crippen LogP contribution is -2.08. The minimum atomic E-state index is -4.69. The number of alkyl halides is 3. The van der Waals surface area contributed by atoms with Crippen LogP contribution in [0.25, 0.3) is 11.1 Å². The molecule has 0 aliphatic carbocycles. The van der Waals surface area contributed by atoms with Crippen LogP contribution in [0.2, 0.25) is 0 Å². The Hall–Kier alpha value is -1.91. The zero-order valence-electron chi connectivity index (χ0n) is 8.50. The first-order chi connectivity index (χ1) is 7.98. The van der Waals surface area contributed by atoms with Crippen molar-refractivity contribution < 1.29 is 17.6 Å². The monoisotopic (exact) mass is 241 g/mol. The Balaban J connectivity index is 2.53. The standard InChI is InChI=1S/C12H7F4N/c13-11-2-1-9(7-10(11)12(14,15)16)8-3-5-17-6-4-8/h1-7H. The average molecular weight is 241 g/mol. The molecule has 0 fully saturated rings. The quantitative estimate of drug-likeness (QED) is 0.690. The van der Waals surface area contributed by atoms with Crippen molar-refractivity contribution in [2.75, 3.05) is 0 Å². The van der Waals surface area contributed by atoms with Gasteiger partial charge in [-0.3, -0.25) is 4.98 Å². The number of hydrogen-bond donors (Lipinski definition) is 0. The van der Waals surface area contributed by atoms with E-state index in [1.54, 1.807) is 12.1 Å². The molecule has 0 aliphatic heterocycles. The summed E-state index contributed by atoms with van der Waals surface area (Å²) in [7, 11) is 0. The van der Waals surface area contributed by atoms with Crippen LogP contribution in [-0.2, 0) is 6.18 Å². The molecule has 2 aromatic rings. The SMILES string of the molecule is Fc1ccc(-c2ccncc2)cc1C(F)(F)F. The van der Waals surface area contributed by atoms with Gasteiger partial charge in [0.15, 0.2) is 0 Å². The van der Waals surface area contributed by atoms with Gasteiger partial charge >= 0.3 is 6.18 Å². The van der Waals surface area contributed by atoms with Gasteiger partial charge in [0, 0.05) is 12.4 Å². The molecule has 1 aromatic heterocycles. The summed E-state index contributed by atoms with van der Waals surface area (Å²) in [5.41, 5.74) is -0.390. The highest BCUT2D eigenvalue weighted by atomic mass is 19.4. The fraction of sp³-hybridized carbons (Fsp3) is 0.0833. The van der Waals surface area contributed by atoms with Crippen molar-refractivity contribution >= 4 is 0 Å². The topological polar surface area (TPSA) is 12.9 Å². The van der Waals surface area contributed by atoms with Gasteiger partial charge in [-0.1, -0.05) is 6.07 Å². The smallest absolute Gasteiger partial charge is 0.265 e. The summed E-state index contributed by atoms with van der Waals surface area (Å²) in [6.07, 6.45) is -1.76. The van der Waals surface area contributed by atoms with E-state index in [-0.39, 0.29) is 0 Å². The van der Waals surface area contributed by atoms with Crippen molar-refractivity contribution in [3.63, 3.8) is 0 Å². The Morgan fingerprint density at radius 1 is 0.882 bits per heavy atom. The molecule has 0 aliphatic rings. The summed E-state index contributed by atoms with van der Waals surface area (Å²) in [5, 5.41) is 0. The third-order valence-corrected chi connectivity index (χ3v) is 2.29. The summed E-state index contributed by atoms with van der Waals surface area (Å²) in [5.74, 6) is -1.27. The highest BCUT2D eigenvalue weighted by Crippen LogP contribution is 2.34. The number of rotatable bonds is 1. The van der Waals surface area contributed by atoms with Crippen LogP contribution in [0, 0.1) is 5.82 Å². The van der Waals surface area contributed by atoms with Crippen molar-refractivity contribution in [3.8, 4) is 11.1 Å². The lowest BCUT2D eigenvalue weighted by atomic mass is 10.0. The first kappa shape index (κ1) is 11.6. The molecule has 0 saturated heterocycles. The van der Waals surface area contributed by atoms with Crippen LogP contribution in [0.3, 0.4) is 0 Å². The fourth-order valence-corrected chi connectivity index (χ4v) is 1.47. The molecule has 0 radical (unpaired) electrons. The molecule has 2 rings (SSSR count). The summed E-state index contributed by atoms with van der Waals surface area (Å²) < 4.78 is 50.5. The van der Waals surface area contributed by atoms with E-state index >= 15 is 0 Å². The second-order valence-electron chi connectivity index (χ2n) is 3.43. The van der Waals surface area contributed by atoms with Gasteiger partial charge in [0.2, 0.25) is 0 Å². The van der Waals surface area contributed by atoms with Crippen molar-refractivity contribution in [1.29, 1.82) is 0 Å². The molecule has 0 spiro atoms. The molecular weight excluding hydrogens is 234 g/mol. The van der Waals surface area contributed by atoms with Gasteiger partial charge < -0.3 is 0 Å². The minimum absolute atomic E-state index is 0.307. The van der Waals surface area contributed by atoms with Crippen LogP contribution in [0.5, 0.6) is 0 Å². The number of halogens is 4. The largest absolute Gasteiger partial charge is 0.419 e. The van der Waals surface area contributed by atoms with E-state index in [4.69, 9.17) is 0 Å². The van der Waals surface area contributed by atoms with Crippen molar-refractivity contribution in [2.45, 2.75) is 6.18 Å². The maximum Gasteiger partial charge on any atom is 0.419 e. The van der Waals surface area contributed by atoms with Gasteiger partial charge in [-0.05, 0) is 35.4 Å². The molecule has 0 saturated carbocycles. The molecule has 1 heterocycles. The van der Waals surface area contributed by atoms with Gasteiger partial charge in [0.25, 0.3) is 0 Å². The Kier molecular flexibility index (Phi) is 2.83. The Bertz CT molecular complexity index is 520. The molecule has 1 nitrogen and oxygen atoms in total. The number of hydrogen-bond acceptors (Lipinski definition) is 1. The number of benzene rings is 1. The summed E-state index contributed by atoms with van der Waals surface area (Å²) in [6, 6.07) is 6.05. The summed E-state index contributed by atoms with van der Waals surface area (Å²) in [4.78, 5) is 3.76. The average Bonchev–Trinajstić information content (AvgIpc) is 2.29. The molecule has 0 unspecified atom stereocenters. The molecule has 0 amide bonds. The Morgan fingerprint density at radius 3 is 2.12 bits per heavy atom. The lowest BCUT2D eigenvalue weighted by molar-refractivity contribution is -0.139. The van der Waals surface area contributed by atoms with E-state index in [0.717, 1.165) is 12.1 Å². The van der Waals surface area contributed by atoms with Crippen LogP contribution >= 0.6 is 0 Å². The normalized spacial score (nSPS) is 11.5. The number of aromatic nitrogens is 1. The van der Waals surface area contributed by atoms with Crippen molar-refractivity contribution in [1.82, 2.24) is 4.98 Å². The van der Waals surface area contributed by atoms with Gasteiger partial charge in [-0.2, -0.15) is 13.2 Å². The molecule has 17 heavy (non-hydrogen) atoms. The Labute approximate surface area is 94.7 Å². The Morgan fingerprint density at radius 2 is 1.53 bits per heavy atom. The molecule has 5 heteroatoms. The van der Waals surface area contributed by atoms with E-state index < -0.39 is 17.6 Å². The fourth-order valence-electron chi connectivity index (χ4n) is 1.47. The van der Waals surface area contributed by atoms with Gasteiger partial charge in [-0.15, -0.1) is 0 Å². The second-order valence-corrected chi connectivity index (χ2v) is 3.43. The zero-order valence-corrected chi connectivity index (χ0v) is 8.50. The van der Waals surface area contributed by atoms with E-state index in [1.807, 2.05) is 0 Å². The first-order valence-corrected chi connectivity index (χ1v) is 4.75. The van der Waals surface area contributed by atoms with Crippen LogP contribution in [0.1, 0.15) is 5.56 Å². The van der Waals surface area contributed by atoms with Crippen LogP contribution in [-0.4, -0.2) is 4.98 Å². The van der Waals surface area contributed by atoms with Gasteiger partial charge in [-0.25, -0.2) is 4.39 Å². The zero-order chi connectivity index (χ0) is 12.5. The molecule has 0 bridgehead atoms. The second kappa shape index (κ2) is 4.16. The third-order valence-electron chi connectivity index (χ3n) is 2.29. The maximum atomic E-state index is 13.0. The molecule has 0 N–H and O–H groups in total. The van der Waals surface area contributed by atoms with E-state index in [9.17, 15) is 17.6 Å². The highest BCUT2D eigenvalue weighted by Gasteiger charge is 2.34. The highest BCUT2D eigenvalue weighted by molar-refractivity contribution is 5.63. The van der Waals surface area contributed by atoms with Gasteiger partial charge in [0.1, 0.15) is 5.82 Å². The first-order valence-electron chi connectivity index (χ1n) is 4.75. The predicted octanol–water partition coefficient (Wildman–Crippen LogP) is 3.91. The number of pyridine rings is 1. The molecular formula is C12H7F4N. The van der Waals surface area contributed by atoms with Crippen molar-refractivity contribution in [2.24, 2.45) is 0 Å². The summed E-state index contributed by atoms with van der Waals surface area (Å²) >= 11 is 0. The van der Waals surface area contributed by atoms with Gasteiger partial charge in [0.05, 0.1) is 5.56 Å². The predicted molar refractivity (Wildman–Crippen MR) is 54.6 cm³/mol. The van der Waals surface area contributed by atoms with Crippen molar-refractivity contribution in [3.05, 3.63) is 54.1 Å². The van der Waals surface area contributed by atoms with E-state index in [2.05, 4.69) is 4.98 Å². The van der Waals surface area contributed by atoms with E-state index in [1.165, 1.54) is 18.5 Å². The number of nitrogens with zero attached hydrogens (tertiary/aromatic N) is 1. The molecule has 0 atom stereocenters. The summed E-state index contributed by atoms with van der Waals surface area (Å²) in [6.45, 7) is 0. The lowest BCUT2D eigenvalue weighted by Gasteiger charge is -2.10. The maximum absolute atomic E-state index is 13.0.